The van der Waals surface area contributed by atoms with E-state index < -0.39 is 0 Å². The maximum Gasteiger partial charge on any atom is 0.163 e. The summed E-state index contributed by atoms with van der Waals surface area (Å²) in [4.78, 5) is 23.7. The quantitative estimate of drug-likeness (QED) is 0.597. The molecule has 0 aromatic heterocycles. The van der Waals surface area contributed by atoms with Crippen LogP contribution in [-0.4, -0.2) is 28.9 Å². The summed E-state index contributed by atoms with van der Waals surface area (Å²) in [5, 5.41) is 18.7. The monoisotopic (exact) mass is 338 g/mol. The zero-order valence-electron chi connectivity index (χ0n) is 13.7. The maximum atomic E-state index is 11.8. The van der Waals surface area contributed by atoms with Crippen molar-refractivity contribution in [3.05, 3.63) is 65.7 Å². The van der Waals surface area contributed by atoms with Crippen LogP contribution in [0.15, 0.2) is 54.6 Å². The summed E-state index contributed by atoms with van der Waals surface area (Å²) in [5.41, 5.74) is 1.43. The largest absolute Gasteiger partial charge is 0.508 e. The van der Waals surface area contributed by atoms with E-state index in [0.29, 0.717) is 11.3 Å². The average molecular weight is 338 g/mol. The van der Waals surface area contributed by atoms with E-state index in [4.69, 9.17) is 4.74 Å². The predicted octanol–water partition coefficient (Wildman–Crippen LogP) is 3.36. The highest BCUT2D eigenvalue weighted by molar-refractivity contribution is 6.10. The molecule has 0 atom stereocenters. The second-order valence-electron chi connectivity index (χ2n) is 5.30. The molecule has 0 amide bonds. The number of benzene rings is 2. The van der Waals surface area contributed by atoms with Gasteiger partial charge >= 0.3 is 0 Å². The van der Waals surface area contributed by atoms with E-state index in [2.05, 4.69) is 0 Å². The summed E-state index contributed by atoms with van der Waals surface area (Å²) < 4.78 is 4.99. The number of hydrogen-bond donors (Lipinski definition) is 2. The number of ether oxygens (including phenoxy) is 1. The van der Waals surface area contributed by atoms with Crippen LogP contribution in [0.5, 0.6) is 17.2 Å². The van der Waals surface area contributed by atoms with Gasteiger partial charge in [0.1, 0.15) is 5.75 Å². The molecule has 2 rings (SSSR count). The third-order valence-corrected chi connectivity index (χ3v) is 3.37. The van der Waals surface area contributed by atoms with Crippen LogP contribution in [0.1, 0.15) is 17.5 Å². The van der Waals surface area contributed by atoms with Gasteiger partial charge in [0.05, 0.1) is 13.5 Å². The molecule has 0 heterocycles. The molecule has 0 radical (unpaired) electrons. The van der Waals surface area contributed by atoms with Crippen LogP contribution >= 0.6 is 0 Å². The molecule has 5 nitrogen and oxygen atoms in total. The minimum absolute atomic E-state index is 0.0144. The molecular weight excluding hydrogens is 320 g/mol. The number of methoxy groups -OCH3 is 1. The van der Waals surface area contributed by atoms with E-state index in [-0.39, 0.29) is 29.5 Å². The molecule has 0 fully saturated rings. The van der Waals surface area contributed by atoms with E-state index in [1.807, 2.05) is 0 Å². The van der Waals surface area contributed by atoms with E-state index in [1.165, 1.54) is 37.5 Å². The second-order valence-corrected chi connectivity index (χ2v) is 5.30. The van der Waals surface area contributed by atoms with Gasteiger partial charge in [-0.05, 0) is 47.5 Å². The molecule has 5 heteroatoms. The lowest BCUT2D eigenvalue weighted by Crippen LogP contribution is -2.01. The first-order valence-corrected chi connectivity index (χ1v) is 7.56. The zero-order chi connectivity index (χ0) is 18.2. The molecule has 2 aromatic carbocycles. The van der Waals surface area contributed by atoms with Crippen LogP contribution in [0.4, 0.5) is 0 Å². The number of aromatic hydroxyl groups is 2. The summed E-state index contributed by atoms with van der Waals surface area (Å²) in [5.74, 6) is -0.170. The first-order valence-electron chi connectivity index (χ1n) is 7.56. The number of phenols is 2. The van der Waals surface area contributed by atoms with E-state index in [0.717, 1.165) is 5.56 Å². The molecule has 0 saturated carbocycles. The van der Waals surface area contributed by atoms with Crippen LogP contribution in [0.3, 0.4) is 0 Å². The maximum absolute atomic E-state index is 11.8. The fourth-order valence-corrected chi connectivity index (χ4v) is 2.05. The topological polar surface area (TPSA) is 83.8 Å². The number of ketones is 2. The van der Waals surface area contributed by atoms with Gasteiger partial charge in [0, 0.05) is 0 Å². The number of carbonyl (C=O) groups excluding carboxylic acids is 2. The Morgan fingerprint density at radius 1 is 0.920 bits per heavy atom. The summed E-state index contributed by atoms with van der Waals surface area (Å²) in [6, 6.07) is 11.1. The third-order valence-electron chi connectivity index (χ3n) is 3.37. The number of phenolic OH excluding ortho intramolecular Hbond substituents is 2. The molecule has 0 bridgehead atoms. The zero-order valence-corrected chi connectivity index (χ0v) is 13.7. The van der Waals surface area contributed by atoms with Gasteiger partial charge in [-0.25, -0.2) is 0 Å². The number of carbonyl (C=O) groups is 2. The fourth-order valence-electron chi connectivity index (χ4n) is 2.05. The van der Waals surface area contributed by atoms with Crippen molar-refractivity contribution in [1.29, 1.82) is 0 Å². The first-order chi connectivity index (χ1) is 12.0. The molecule has 0 saturated heterocycles. The standard InChI is InChI=1S/C20H18O5/c1-25-20-12-15(6-11-19(20)24)5-10-18(23)13-17(22)9-4-14-2-7-16(21)8-3-14/h2-12,21,24H,13H2,1H3/b9-4-,10-5-. The molecule has 25 heavy (non-hydrogen) atoms. The van der Waals surface area contributed by atoms with Crippen LogP contribution in [0.2, 0.25) is 0 Å². The van der Waals surface area contributed by atoms with Gasteiger partial charge in [-0.1, -0.05) is 30.4 Å². The number of allylic oxidation sites excluding steroid dienone is 2. The van der Waals surface area contributed by atoms with Crippen molar-refractivity contribution in [2.75, 3.05) is 7.11 Å². The SMILES string of the molecule is COc1cc(/C=C\C(=O)CC(=O)/C=C\c2ccc(O)cc2)ccc1O. The van der Waals surface area contributed by atoms with E-state index in [9.17, 15) is 19.8 Å². The molecule has 0 aliphatic rings. The molecule has 2 aromatic rings. The number of rotatable bonds is 7. The van der Waals surface area contributed by atoms with Crippen molar-refractivity contribution in [3.8, 4) is 17.2 Å². The fraction of sp³-hybridized carbons (Fsp3) is 0.100. The molecule has 128 valence electrons. The van der Waals surface area contributed by atoms with E-state index >= 15 is 0 Å². The van der Waals surface area contributed by atoms with Gasteiger partial charge in [0.15, 0.2) is 23.1 Å². The van der Waals surface area contributed by atoms with Crippen molar-refractivity contribution in [3.63, 3.8) is 0 Å². The Kier molecular flexibility index (Phi) is 6.12. The van der Waals surface area contributed by atoms with E-state index in [1.54, 1.807) is 36.4 Å². The summed E-state index contributed by atoms with van der Waals surface area (Å²) in [7, 11) is 1.44. The molecule has 2 N–H and O–H groups in total. The van der Waals surface area contributed by atoms with Crippen LogP contribution < -0.4 is 4.74 Å². The summed E-state index contributed by atoms with van der Waals surface area (Å²) in [6.07, 6.45) is 5.56. The Hall–Kier alpha value is -3.34. The Balaban J connectivity index is 1.92. The van der Waals surface area contributed by atoms with Gasteiger partial charge in [0.2, 0.25) is 0 Å². The normalized spacial score (nSPS) is 11.1. The highest BCUT2D eigenvalue weighted by atomic mass is 16.5. The van der Waals surface area contributed by atoms with Gasteiger partial charge in [-0.15, -0.1) is 0 Å². The Bertz CT molecular complexity index is 816. The van der Waals surface area contributed by atoms with Crippen molar-refractivity contribution < 1.29 is 24.5 Å². The Labute approximate surface area is 145 Å². The molecule has 0 spiro atoms. The molecule has 0 aliphatic heterocycles. The van der Waals surface area contributed by atoms with Crippen molar-refractivity contribution in [2.45, 2.75) is 6.42 Å². The van der Waals surface area contributed by atoms with Crippen molar-refractivity contribution >= 4 is 23.7 Å². The average Bonchev–Trinajstić information content (AvgIpc) is 2.60. The summed E-state index contributed by atoms with van der Waals surface area (Å²) >= 11 is 0. The van der Waals surface area contributed by atoms with Crippen molar-refractivity contribution in [2.24, 2.45) is 0 Å². The second kappa shape index (κ2) is 8.49. The highest BCUT2D eigenvalue weighted by Gasteiger charge is 2.05. The minimum atomic E-state index is -0.326. The van der Waals surface area contributed by atoms with Crippen molar-refractivity contribution in [1.82, 2.24) is 0 Å². The van der Waals surface area contributed by atoms with Gasteiger partial charge in [0.25, 0.3) is 0 Å². The van der Waals surface area contributed by atoms with Crippen LogP contribution in [0.25, 0.3) is 12.2 Å². The lowest BCUT2D eigenvalue weighted by molar-refractivity contribution is -0.121. The smallest absolute Gasteiger partial charge is 0.163 e. The lowest BCUT2D eigenvalue weighted by atomic mass is 10.1. The van der Waals surface area contributed by atoms with Crippen LogP contribution in [-0.2, 0) is 9.59 Å². The van der Waals surface area contributed by atoms with Gasteiger partial charge in [-0.2, -0.15) is 0 Å². The predicted molar refractivity (Wildman–Crippen MR) is 95.5 cm³/mol. The molecule has 0 unspecified atom stereocenters. The number of hydrogen-bond acceptors (Lipinski definition) is 5. The Morgan fingerprint density at radius 3 is 2.08 bits per heavy atom. The van der Waals surface area contributed by atoms with Crippen LogP contribution in [0, 0.1) is 0 Å². The molecule has 0 aliphatic carbocycles. The lowest BCUT2D eigenvalue weighted by Gasteiger charge is -2.03. The minimum Gasteiger partial charge on any atom is -0.508 e. The highest BCUT2D eigenvalue weighted by Crippen LogP contribution is 2.26. The first kappa shape index (κ1) is 18.0. The summed E-state index contributed by atoms with van der Waals surface area (Å²) in [6.45, 7) is 0. The van der Waals surface area contributed by atoms with Gasteiger partial charge in [-0.3, -0.25) is 9.59 Å². The Morgan fingerprint density at radius 2 is 1.48 bits per heavy atom. The molecular formula is C20H18O5. The van der Waals surface area contributed by atoms with Gasteiger partial charge < -0.3 is 14.9 Å². The third kappa shape index (κ3) is 5.66.